The van der Waals surface area contributed by atoms with Crippen molar-refractivity contribution < 1.29 is 14.6 Å². The Morgan fingerprint density at radius 2 is 1.81 bits per heavy atom. The number of hydrogen-bond acceptors (Lipinski definition) is 2. The van der Waals surface area contributed by atoms with Crippen LogP contribution in [0, 0.1) is 0 Å². The molecule has 0 spiro atoms. The molecule has 87 valence electrons. The highest BCUT2D eigenvalue weighted by Crippen LogP contribution is 2.12. The van der Waals surface area contributed by atoms with Crippen LogP contribution in [0.25, 0.3) is 0 Å². The largest absolute Gasteiger partial charge is 0.444 e. The van der Waals surface area contributed by atoms with Gasteiger partial charge in [0.2, 0.25) is 0 Å². The molecule has 1 N–H and O–H groups in total. The number of carbonyl (C=O) groups excluding carboxylic acids is 1. The second-order valence-corrected chi connectivity index (χ2v) is 4.44. The molecule has 1 atom stereocenters. The van der Waals surface area contributed by atoms with Gasteiger partial charge in [-0.3, -0.25) is 5.32 Å². The van der Waals surface area contributed by atoms with Gasteiger partial charge in [0, 0.05) is 5.56 Å². The van der Waals surface area contributed by atoms with Crippen LogP contribution in [-0.2, 0) is 9.84 Å². The zero-order valence-corrected chi connectivity index (χ0v) is 9.69. The van der Waals surface area contributed by atoms with Crippen LogP contribution in [0.3, 0.4) is 0 Å². The quantitative estimate of drug-likeness (QED) is 0.782. The second-order valence-electron chi connectivity index (χ2n) is 4.44. The van der Waals surface area contributed by atoms with E-state index in [-0.39, 0.29) is 0 Å². The molecule has 0 aromatic heterocycles. The first-order valence-corrected chi connectivity index (χ1v) is 5.09. The highest BCUT2D eigenvalue weighted by atomic mass is 16.6. The van der Waals surface area contributed by atoms with E-state index in [1.165, 1.54) is 0 Å². The van der Waals surface area contributed by atoms with Crippen molar-refractivity contribution in [3.05, 3.63) is 35.9 Å². The molecule has 0 heterocycles. The van der Waals surface area contributed by atoms with Crippen molar-refractivity contribution in [2.75, 3.05) is 0 Å². The first kappa shape index (κ1) is 12.5. The van der Waals surface area contributed by atoms with Gasteiger partial charge in [0.15, 0.2) is 6.23 Å². The van der Waals surface area contributed by atoms with Crippen molar-refractivity contribution in [3.8, 4) is 0 Å². The van der Waals surface area contributed by atoms with Crippen LogP contribution < -0.4 is 5.32 Å². The highest BCUT2D eigenvalue weighted by Gasteiger charge is 2.19. The maximum Gasteiger partial charge on any atom is 0.410 e. The molecule has 4 heteroatoms. The number of nitrogens with one attached hydrogen (secondary N) is 1. The minimum atomic E-state index is -1.30. The van der Waals surface area contributed by atoms with Crippen LogP contribution in [0.1, 0.15) is 32.6 Å². The average molecular weight is 222 g/mol. The van der Waals surface area contributed by atoms with E-state index in [1.807, 2.05) is 6.07 Å². The smallest absolute Gasteiger partial charge is 0.410 e. The Kier molecular flexibility index (Phi) is 3.90. The summed E-state index contributed by atoms with van der Waals surface area (Å²) in [5.41, 5.74) is -0.0890. The molecule has 0 saturated heterocycles. The molecule has 1 aromatic rings. The molecule has 0 aliphatic heterocycles. The molecule has 1 unspecified atom stereocenters. The van der Waals surface area contributed by atoms with Crippen LogP contribution in [0.2, 0.25) is 0 Å². The molecular formula is C12H16NO3. The summed E-state index contributed by atoms with van der Waals surface area (Å²) in [6.45, 7) is 5.23. The molecule has 0 saturated carbocycles. The summed E-state index contributed by atoms with van der Waals surface area (Å²) >= 11 is 0. The van der Waals surface area contributed by atoms with Gasteiger partial charge in [0.05, 0.1) is 0 Å². The standard InChI is InChI=1S/C12H16NO3/c1-12(2,3)16-11(15)13-10(14)9-7-5-4-6-8-9/h4-8,10H,1-3H3,(H,13,15). The normalized spacial score (nSPS) is 13.0. The Morgan fingerprint density at radius 3 is 2.31 bits per heavy atom. The van der Waals surface area contributed by atoms with Crippen molar-refractivity contribution in [3.63, 3.8) is 0 Å². The van der Waals surface area contributed by atoms with E-state index in [1.54, 1.807) is 45.0 Å². The summed E-state index contributed by atoms with van der Waals surface area (Å²) < 4.78 is 4.98. The predicted octanol–water partition coefficient (Wildman–Crippen LogP) is 2.64. The number of carbonyl (C=O) groups is 1. The molecule has 1 radical (unpaired) electrons. The summed E-state index contributed by atoms with van der Waals surface area (Å²) in [6.07, 6.45) is -1.99. The van der Waals surface area contributed by atoms with Gasteiger partial charge in [0.1, 0.15) is 5.60 Å². The molecular weight excluding hydrogens is 206 g/mol. The molecule has 4 nitrogen and oxygen atoms in total. The van der Waals surface area contributed by atoms with E-state index in [0.717, 1.165) is 0 Å². The Balaban J connectivity index is 2.52. The van der Waals surface area contributed by atoms with Crippen LogP contribution in [0.4, 0.5) is 4.79 Å². The number of ether oxygens (including phenoxy) is 1. The fourth-order valence-corrected chi connectivity index (χ4v) is 1.13. The van der Waals surface area contributed by atoms with Crippen molar-refractivity contribution in [2.45, 2.75) is 32.6 Å². The third-order valence-electron chi connectivity index (χ3n) is 1.75. The van der Waals surface area contributed by atoms with Gasteiger partial charge < -0.3 is 4.74 Å². The van der Waals surface area contributed by atoms with Crippen LogP contribution >= 0.6 is 0 Å². The molecule has 1 rings (SSSR count). The maximum absolute atomic E-state index is 11.6. The number of alkyl carbamates (subject to hydrolysis) is 1. The number of amides is 1. The van der Waals surface area contributed by atoms with E-state index in [4.69, 9.17) is 4.74 Å². The van der Waals surface area contributed by atoms with Crippen LogP contribution in [0.5, 0.6) is 0 Å². The highest BCUT2D eigenvalue weighted by molar-refractivity contribution is 5.68. The van der Waals surface area contributed by atoms with Gasteiger partial charge in [-0.15, -0.1) is 0 Å². The molecule has 1 aromatic carbocycles. The third kappa shape index (κ3) is 4.31. The molecule has 1 amide bonds. The lowest BCUT2D eigenvalue weighted by Crippen LogP contribution is -2.34. The summed E-state index contributed by atoms with van der Waals surface area (Å²) in [5.74, 6) is 0. The van der Waals surface area contributed by atoms with Gasteiger partial charge >= 0.3 is 6.09 Å². The van der Waals surface area contributed by atoms with Gasteiger partial charge in [-0.2, -0.15) is 0 Å². The Hall–Kier alpha value is -1.55. The maximum atomic E-state index is 11.6. The Labute approximate surface area is 95.2 Å². The zero-order valence-electron chi connectivity index (χ0n) is 9.69. The van der Waals surface area contributed by atoms with Crippen LogP contribution in [0.15, 0.2) is 30.3 Å². The molecule has 0 aliphatic carbocycles. The van der Waals surface area contributed by atoms with Gasteiger partial charge in [-0.25, -0.2) is 9.90 Å². The average Bonchev–Trinajstić information content (AvgIpc) is 2.16. The SMILES string of the molecule is CC(C)(C)OC(=O)NC([O])c1ccccc1. The van der Waals surface area contributed by atoms with E-state index >= 15 is 0 Å². The number of benzene rings is 1. The van der Waals surface area contributed by atoms with Gasteiger partial charge in [-0.05, 0) is 20.8 Å². The molecule has 16 heavy (non-hydrogen) atoms. The van der Waals surface area contributed by atoms with Crippen molar-refractivity contribution >= 4 is 6.09 Å². The van der Waals surface area contributed by atoms with E-state index in [0.29, 0.717) is 5.56 Å². The van der Waals surface area contributed by atoms with E-state index in [9.17, 15) is 9.90 Å². The third-order valence-corrected chi connectivity index (χ3v) is 1.75. The van der Waals surface area contributed by atoms with Gasteiger partial charge in [0.25, 0.3) is 0 Å². The fourth-order valence-electron chi connectivity index (χ4n) is 1.13. The molecule has 0 aliphatic rings. The van der Waals surface area contributed by atoms with Crippen molar-refractivity contribution in [1.82, 2.24) is 5.32 Å². The van der Waals surface area contributed by atoms with E-state index < -0.39 is 17.9 Å². The zero-order chi connectivity index (χ0) is 12.2. The summed E-state index contributed by atoms with van der Waals surface area (Å²) in [6, 6.07) is 8.63. The first-order chi connectivity index (χ1) is 7.38. The summed E-state index contributed by atoms with van der Waals surface area (Å²) in [5, 5.41) is 13.8. The minimum Gasteiger partial charge on any atom is -0.444 e. The summed E-state index contributed by atoms with van der Waals surface area (Å²) in [7, 11) is 0. The van der Waals surface area contributed by atoms with Gasteiger partial charge in [-0.1, -0.05) is 30.3 Å². The lowest BCUT2D eigenvalue weighted by Gasteiger charge is -2.20. The number of rotatable bonds is 2. The van der Waals surface area contributed by atoms with E-state index in [2.05, 4.69) is 5.32 Å². The monoisotopic (exact) mass is 222 g/mol. The molecule has 0 fully saturated rings. The predicted molar refractivity (Wildman–Crippen MR) is 59.2 cm³/mol. The molecule has 0 bridgehead atoms. The van der Waals surface area contributed by atoms with Crippen molar-refractivity contribution in [1.29, 1.82) is 0 Å². The Morgan fingerprint density at radius 1 is 1.25 bits per heavy atom. The summed E-state index contributed by atoms with van der Waals surface area (Å²) in [4.78, 5) is 11.3. The first-order valence-electron chi connectivity index (χ1n) is 5.09. The second kappa shape index (κ2) is 4.99. The van der Waals surface area contributed by atoms with Crippen molar-refractivity contribution in [2.24, 2.45) is 0 Å². The lowest BCUT2D eigenvalue weighted by atomic mass is 10.2. The van der Waals surface area contributed by atoms with Crippen LogP contribution in [-0.4, -0.2) is 11.7 Å². The number of hydrogen-bond donors (Lipinski definition) is 1. The topological polar surface area (TPSA) is 58.2 Å². The Bertz CT molecular complexity index is 343. The lowest BCUT2D eigenvalue weighted by molar-refractivity contribution is 0.0168. The fraction of sp³-hybridized carbons (Fsp3) is 0.417. The minimum absolute atomic E-state index is 0.508.